The number of pyridine rings is 1. The second kappa shape index (κ2) is 6.78. The normalized spacial score (nSPS) is 19.1. The first-order valence-corrected chi connectivity index (χ1v) is 8.64. The number of carbonyl (C=O) groups is 2. The highest BCUT2D eigenvalue weighted by Gasteiger charge is 2.51. The monoisotopic (exact) mass is 353 g/mol. The van der Waals surface area contributed by atoms with Crippen LogP contribution in [0.1, 0.15) is 31.9 Å². The molecule has 3 rings (SSSR count). The summed E-state index contributed by atoms with van der Waals surface area (Å²) in [6.07, 6.45) is 1.60. The van der Waals surface area contributed by atoms with Crippen LogP contribution >= 0.6 is 0 Å². The number of anilines is 1. The maximum Gasteiger partial charge on any atom is 0.282 e. The van der Waals surface area contributed by atoms with Gasteiger partial charge in [0.1, 0.15) is 0 Å². The highest BCUT2D eigenvalue weighted by molar-refractivity contribution is 6.16. The van der Waals surface area contributed by atoms with Crippen molar-refractivity contribution in [2.45, 2.75) is 45.9 Å². The van der Waals surface area contributed by atoms with E-state index < -0.39 is 17.4 Å². The SMILES string of the molecule is Cc1cccc(CNC(=O)C2(C)Oc3cccnc3N(C(C)C)C2=O)c1. The molecule has 136 valence electrons. The highest BCUT2D eigenvalue weighted by atomic mass is 16.5. The lowest BCUT2D eigenvalue weighted by Gasteiger charge is -2.40. The molecule has 0 bridgehead atoms. The lowest BCUT2D eigenvalue weighted by Crippen LogP contribution is -2.63. The lowest BCUT2D eigenvalue weighted by atomic mass is 9.99. The van der Waals surface area contributed by atoms with Crippen molar-refractivity contribution in [1.82, 2.24) is 10.3 Å². The molecule has 2 amide bonds. The molecule has 1 N–H and O–H groups in total. The van der Waals surface area contributed by atoms with Crippen LogP contribution in [-0.2, 0) is 16.1 Å². The van der Waals surface area contributed by atoms with Crippen molar-refractivity contribution in [3.05, 3.63) is 53.7 Å². The van der Waals surface area contributed by atoms with Crippen LogP contribution in [0.15, 0.2) is 42.6 Å². The van der Waals surface area contributed by atoms with E-state index in [9.17, 15) is 9.59 Å². The van der Waals surface area contributed by atoms with E-state index in [1.807, 2.05) is 45.0 Å². The summed E-state index contributed by atoms with van der Waals surface area (Å²) in [5.74, 6) is -0.0185. The zero-order chi connectivity index (χ0) is 18.9. The number of nitrogens with one attached hydrogen (secondary N) is 1. The average molecular weight is 353 g/mol. The van der Waals surface area contributed by atoms with Crippen molar-refractivity contribution in [3.8, 4) is 5.75 Å². The third kappa shape index (κ3) is 3.14. The van der Waals surface area contributed by atoms with E-state index in [-0.39, 0.29) is 6.04 Å². The maximum atomic E-state index is 13.1. The zero-order valence-corrected chi connectivity index (χ0v) is 15.4. The van der Waals surface area contributed by atoms with E-state index in [0.29, 0.717) is 18.1 Å². The van der Waals surface area contributed by atoms with Gasteiger partial charge in [-0.1, -0.05) is 29.8 Å². The minimum atomic E-state index is -1.63. The Kier molecular flexibility index (Phi) is 4.68. The summed E-state index contributed by atoms with van der Waals surface area (Å²) in [4.78, 5) is 31.7. The van der Waals surface area contributed by atoms with Gasteiger partial charge in [-0.3, -0.25) is 14.5 Å². The van der Waals surface area contributed by atoms with Gasteiger partial charge in [-0.2, -0.15) is 0 Å². The summed E-state index contributed by atoms with van der Waals surface area (Å²) in [7, 11) is 0. The molecule has 6 heteroatoms. The molecule has 2 heterocycles. The number of benzene rings is 1. The molecule has 1 aromatic carbocycles. The molecule has 1 unspecified atom stereocenters. The third-order valence-corrected chi connectivity index (χ3v) is 4.41. The van der Waals surface area contributed by atoms with E-state index in [2.05, 4.69) is 10.3 Å². The molecule has 2 aromatic rings. The molecule has 0 fully saturated rings. The van der Waals surface area contributed by atoms with E-state index in [1.165, 1.54) is 11.8 Å². The van der Waals surface area contributed by atoms with E-state index >= 15 is 0 Å². The van der Waals surface area contributed by atoms with E-state index in [0.717, 1.165) is 11.1 Å². The minimum Gasteiger partial charge on any atom is -0.464 e. The summed E-state index contributed by atoms with van der Waals surface area (Å²) < 4.78 is 5.82. The topological polar surface area (TPSA) is 71.5 Å². The van der Waals surface area contributed by atoms with E-state index in [4.69, 9.17) is 4.74 Å². The van der Waals surface area contributed by atoms with Crippen molar-refractivity contribution in [2.75, 3.05) is 4.90 Å². The van der Waals surface area contributed by atoms with E-state index in [1.54, 1.807) is 18.3 Å². The highest BCUT2D eigenvalue weighted by Crippen LogP contribution is 2.37. The molecule has 1 aliphatic rings. The number of hydrogen-bond donors (Lipinski definition) is 1. The smallest absolute Gasteiger partial charge is 0.282 e. The molecule has 0 saturated heterocycles. The van der Waals surface area contributed by atoms with Crippen molar-refractivity contribution in [2.24, 2.45) is 0 Å². The van der Waals surface area contributed by atoms with Crippen molar-refractivity contribution in [1.29, 1.82) is 0 Å². The number of amides is 2. The zero-order valence-electron chi connectivity index (χ0n) is 15.4. The second-order valence-electron chi connectivity index (χ2n) is 6.90. The summed E-state index contributed by atoms with van der Waals surface area (Å²) in [6.45, 7) is 7.59. The molecule has 6 nitrogen and oxygen atoms in total. The van der Waals surface area contributed by atoms with Gasteiger partial charge in [0.2, 0.25) is 0 Å². The summed E-state index contributed by atoms with van der Waals surface area (Å²) in [5.41, 5.74) is 0.441. The van der Waals surface area contributed by atoms with Gasteiger partial charge in [0.05, 0.1) is 0 Å². The van der Waals surface area contributed by atoms with Gasteiger partial charge in [0.25, 0.3) is 17.4 Å². The first kappa shape index (κ1) is 17.9. The molecule has 1 atom stereocenters. The van der Waals surface area contributed by atoms with Crippen LogP contribution in [-0.4, -0.2) is 28.4 Å². The Balaban J connectivity index is 1.86. The molecule has 0 radical (unpaired) electrons. The van der Waals surface area contributed by atoms with Crippen LogP contribution in [0.4, 0.5) is 5.82 Å². The lowest BCUT2D eigenvalue weighted by molar-refractivity contribution is -0.148. The first-order valence-electron chi connectivity index (χ1n) is 8.64. The number of hydrogen-bond acceptors (Lipinski definition) is 4. The van der Waals surface area contributed by atoms with Crippen LogP contribution in [0, 0.1) is 6.92 Å². The fourth-order valence-electron chi connectivity index (χ4n) is 3.03. The van der Waals surface area contributed by atoms with Gasteiger partial charge in [0.15, 0.2) is 11.6 Å². The Morgan fingerprint density at radius 3 is 2.77 bits per heavy atom. The Labute approximate surface area is 153 Å². The van der Waals surface area contributed by atoms with Crippen molar-refractivity contribution >= 4 is 17.6 Å². The molecule has 26 heavy (non-hydrogen) atoms. The fourth-order valence-corrected chi connectivity index (χ4v) is 3.03. The predicted molar refractivity (Wildman–Crippen MR) is 98.9 cm³/mol. The van der Waals surface area contributed by atoms with Crippen LogP contribution in [0.2, 0.25) is 0 Å². The van der Waals surface area contributed by atoms with Crippen molar-refractivity contribution in [3.63, 3.8) is 0 Å². The van der Waals surface area contributed by atoms with Gasteiger partial charge in [-0.15, -0.1) is 0 Å². The Bertz CT molecular complexity index is 850. The largest absolute Gasteiger partial charge is 0.464 e. The predicted octanol–water partition coefficient (Wildman–Crippen LogP) is 2.60. The number of ether oxygens (including phenoxy) is 1. The molecule has 1 aromatic heterocycles. The molecular formula is C20H23N3O3. The maximum absolute atomic E-state index is 13.1. The molecule has 0 saturated carbocycles. The molecule has 0 spiro atoms. The Morgan fingerprint density at radius 1 is 1.31 bits per heavy atom. The molecular weight excluding hydrogens is 330 g/mol. The van der Waals surface area contributed by atoms with Gasteiger partial charge < -0.3 is 10.1 Å². The number of carbonyl (C=O) groups excluding carboxylic acids is 2. The Hall–Kier alpha value is -2.89. The van der Waals surface area contributed by atoms with Gasteiger partial charge in [-0.05, 0) is 45.4 Å². The van der Waals surface area contributed by atoms with Crippen LogP contribution < -0.4 is 15.0 Å². The fraction of sp³-hybridized carbons (Fsp3) is 0.350. The first-order chi connectivity index (χ1) is 12.3. The van der Waals surface area contributed by atoms with Gasteiger partial charge >= 0.3 is 0 Å². The summed E-state index contributed by atoms with van der Waals surface area (Å²) in [5, 5.41) is 2.83. The second-order valence-corrected chi connectivity index (χ2v) is 6.90. The van der Waals surface area contributed by atoms with Crippen LogP contribution in [0.5, 0.6) is 5.75 Å². The number of rotatable bonds is 4. The molecule has 0 aliphatic carbocycles. The van der Waals surface area contributed by atoms with Crippen molar-refractivity contribution < 1.29 is 14.3 Å². The van der Waals surface area contributed by atoms with Crippen LogP contribution in [0.25, 0.3) is 0 Å². The number of aryl methyl sites for hydroxylation is 1. The van der Waals surface area contributed by atoms with Crippen LogP contribution in [0.3, 0.4) is 0 Å². The number of fused-ring (bicyclic) bond motifs is 1. The number of aromatic nitrogens is 1. The minimum absolute atomic E-state index is 0.149. The average Bonchev–Trinajstić information content (AvgIpc) is 2.60. The van der Waals surface area contributed by atoms with Gasteiger partial charge in [0, 0.05) is 18.8 Å². The third-order valence-electron chi connectivity index (χ3n) is 4.41. The quantitative estimate of drug-likeness (QED) is 0.858. The summed E-state index contributed by atoms with van der Waals surface area (Å²) in [6, 6.07) is 11.1. The van der Waals surface area contributed by atoms with Gasteiger partial charge in [-0.25, -0.2) is 4.98 Å². The summed E-state index contributed by atoms with van der Waals surface area (Å²) >= 11 is 0. The Morgan fingerprint density at radius 2 is 2.08 bits per heavy atom. The standard InChI is InChI=1S/C20H23N3O3/c1-13(2)23-17-16(9-6-10-21-17)26-20(4,19(23)25)18(24)22-12-15-8-5-7-14(3)11-15/h5-11,13H,12H2,1-4H3,(H,22,24). The number of nitrogens with zero attached hydrogens (tertiary/aromatic N) is 2. The molecule has 1 aliphatic heterocycles.